The van der Waals surface area contributed by atoms with Crippen LogP contribution in [0.5, 0.6) is 0 Å². The second-order valence-electron chi connectivity index (χ2n) is 4.39. The molecule has 1 atom stereocenters. The molecule has 19 heavy (non-hydrogen) atoms. The van der Waals surface area contributed by atoms with E-state index in [0.29, 0.717) is 6.54 Å². The zero-order chi connectivity index (χ0) is 13.8. The number of hydrogen-bond acceptors (Lipinski definition) is 2. The summed E-state index contributed by atoms with van der Waals surface area (Å²) >= 11 is 0. The first kappa shape index (κ1) is 13.5. The van der Waals surface area contributed by atoms with Crippen molar-refractivity contribution >= 4 is 5.69 Å². The van der Waals surface area contributed by atoms with Gasteiger partial charge < -0.3 is 10.6 Å². The van der Waals surface area contributed by atoms with Crippen molar-refractivity contribution in [2.24, 2.45) is 5.73 Å². The summed E-state index contributed by atoms with van der Waals surface area (Å²) in [5.74, 6) is -0.549. The Balaban J connectivity index is 2.26. The summed E-state index contributed by atoms with van der Waals surface area (Å²) in [5, 5.41) is 0. The van der Waals surface area contributed by atoms with E-state index in [1.807, 2.05) is 11.9 Å². The van der Waals surface area contributed by atoms with Crippen LogP contribution in [0.4, 0.5) is 14.5 Å². The van der Waals surface area contributed by atoms with E-state index < -0.39 is 0 Å². The summed E-state index contributed by atoms with van der Waals surface area (Å²) < 4.78 is 25.9. The summed E-state index contributed by atoms with van der Waals surface area (Å²) in [6, 6.07) is 12.4. The van der Waals surface area contributed by atoms with Crippen molar-refractivity contribution in [1.29, 1.82) is 0 Å². The maximum Gasteiger partial charge on any atom is 0.123 e. The van der Waals surface area contributed by atoms with Crippen molar-refractivity contribution in [2.45, 2.75) is 6.04 Å². The minimum absolute atomic E-state index is 0.0777. The normalized spacial score (nSPS) is 12.2. The lowest BCUT2D eigenvalue weighted by Crippen LogP contribution is -2.30. The standard InChI is InChI=1S/C15H16F2N2/c1-19(14-8-6-13(17)7-9-14)15(10-18)11-2-4-12(16)5-3-11/h2-9,15H,10,18H2,1H3. The predicted molar refractivity (Wildman–Crippen MR) is 73.0 cm³/mol. The zero-order valence-electron chi connectivity index (χ0n) is 10.7. The van der Waals surface area contributed by atoms with E-state index in [0.717, 1.165) is 11.3 Å². The molecule has 2 N–H and O–H groups in total. The highest BCUT2D eigenvalue weighted by Crippen LogP contribution is 2.25. The van der Waals surface area contributed by atoms with E-state index in [1.54, 1.807) is 24.3 Å². The largest absolute Gasteiger partial charge is 0.366 e. The summed E-state index contributed by atoms with van der Waals surface area (Å²) in [5.41, 5.74) is 7.59. The van der Waals surface area contributed by atoms with Crippen LogP contribution in [-0.4, -0.2) is 13.6 Å². The molecule has 0 bridgehead atoms. The monoisotopic (exact) mass is 262 g/mol. The summed E-state index contributed by atoms with van der Waals surface area (Å²) in [6.45, 7) is 0.388. The average molecular weight is 262 g/mol. The Morgan fingerprint density at radius 3 is 1.89 bits per heavy atom. The molecule has 0 spiro atoms. The SMILES string of the molecule is CN(c1ccc(F)cc1)C(CN)c1ccc(F)cc1. The highest BCUT2D eigenvalue weighted by Gasteiger charge is 2.16. The van der Waals surface area contributed by atoms with Gasteiger partial charge in [-0.05, 0) is 42.0 Å². The molecule has 0 amide bonds. The molecule has 0 aliphatic rings. The third-order valence-corrected chi connectivity index (χ3v) is 3.18. The minimum Gasteiger partial charge on any atom is -0.366 e. The van der Waals surface area contributed by atoms with E-state index in [1.165, 1.54) is 24.3 Å². The maximum atomic E-state index is 12.9. The van der Waals surface area contributed by atoms with Crippen LogP contribution >= 0.6 is 0 Å². The Morgan fingerprint density at radius 1 is 0.947 bits per heavy atom. The Labute approximate surface area is 111 Å². The van der Waals surface area contributed by atoms with Crippen LogP contribution in [0.15, 0.2) is 48.5 Å². The van der Waals surface area contributed by atoms with Gasteiger partial charge in [0.2, 0.25) is 0 Å². The highest BCUT2D eigenvalue weighted by atomic mass is 19.1. The summed E-state index contributed by atoms with van der Waals surface area (Å²) in [6.07, 6.45) is 0. The molecule has 0 fully saturated rings. The van der Waals surface area contributed by atoms with E-state index in [4.69, 9.17) is 5.73 Å². The number of nitrogens with two attached hydrogens (primary N) is 1. The first-order valence-corrected chi connectivity index (χ1v) is 6.05. The maximum absolute atomic E-state index is 12.9. The molecule has 2 aromatic rings. The molecule has 0 aliphatic heterocycles. The van der Waals surface area contributed by atoms with Gasteiger partial charge in [0.15, 0.2) is 0 Å². The van der Waals surface area contributed by atoms with Crippen LogP contribution < -0.4 is 10.6 Å². The van der Waals surface area contributed by atoms with Gasteiger partial charge in [0.25, 0.3) is 0 Å². The fraction of sp³-hybridized carbons (Fsp3) is 0.200. The molecule has 2 aromatic carbocycles. The van der Waals surface area contributed by atoms with Crippen molar-refractivity contribution in [3.8, 4) is 0 Å². The number of halogens is 2. The van der Waals surface area contributed by atoms with Gasteiger partial charge in [-0.1, -0.05) is 12.1 Å². The second kappa shape index (κ2) is 5.80. The smallest absolute Gasteiger partial charge is 0.123 e. The molecule has 4 heteroatoms. The van der Waals surface area contributed by atoms with Crippen LogP contribution in [0.25, 0.3) is 0 Å². The molecule has 0 heterocycles. The van der Waals surface area contributed by atoms with E-state index in [2.05, 4.69) is 0 Å². The highest BCUT2D eigenvalue weighted by molar-refractivity contribution is 5.48. The lowest BCUT2D eigenvalue weighted by molar-refractivity contribution is 0.620. The molecule has 0 saturated carbocycles. The van der Waals surface area contributed by atoms with Crippen molar-refractivity contribution in [1.82, 2.24) is 0 Å². The topological polar surface area (TPSA) is 29.3 Å². The molecule has 2 rings (SSSR count). The number of nitrogens with zero attached hydrogens (tertiary/aromatic N) is 1. The van der Waals surface area contributed by atoms with E-state index in [-0.39, 0.29) is 17.7 Å². The molecule has 0 aromatic heterocycles. The van der Waals surface area contributed by atoms with Gasteiger partial charge in [-0.25, -0.2) is 8.78 Å². The zero-order valence-corrected chi connectivity index (χ0v) is 10.7. The Morgan fingerprint density at radius 2 is 1.42 bits per heavy atom. The van der Waals surface area contributed by atoms with E-state index >= 15 is 0 Å². The van der Waals surface area contributed by atoms with Crippen LogP contribution in [0.3, 0.4) is 0 Å². The van der Waals surface area contributed by atoms with Crippen LogP contribution in [-0.2, 0) is 0 Å². The fourth-order valence-corrected chi connectivity index (χ4v) is 2.06. The molecule has 0 radical (unpaired) electrons. The minimum atomic E-state index is -0.275. The molecule has 0 saturated heterocycles. The Bertz CT molecular complexity index is 523. The first-order valence-electron chi connectivity index (χ1n) is 6.05. The number of benzene rings is 2. The summed E-state index contributed by atoms with van der Waals surface area (Å²) in [7, 11) is 1.88. The van der Waals surface area contributed by atoms with Crippen LogP contribution in [0, 0.1) is 11.6 Å². The fourth-order valence-electron chi connectivity index (χ4n) is 2.06. The predicted octanol–water partition coefficient (Wildman–Crippen LogP) is 3.10. The number of anilines is 1. The molecule has 1 unspecified atom stereocenters. The van der Waals surface area contributed by atoms with Crippen LogP contribution in [0.1, 0.15) is 11.6 Å². The third-order valence-electron chi connectivity index (χ3n) is 3.18. The molecule has 2 nitrogen and oxygen atoms in total. The van der Waals surface area contributed by atoms with Gasteiger partial charge in [-0.15, -0.1) is 0 Å². The average Bonchev–Trinajstić information content (AvgIpc) is 2.42. The lowest BCUT2D eigenvalue weighted by Gasteiger charge is -2.29. The van der Waals surface area contributed by atoms with Gasteiger partial charge in [-0.2, -0.15) is 0 Å². The van der Waals surface area contributed by atoms with Gasteiger partial charge >= 0.3 is 0 Å². The Kier molecular flexibility index (Phi) is 4.12. The number of rotatable bonds is 4. The first-order chi connectivity index (χ1) is 9.11. The Hall–Kier alpha value is -1.94. The quantitative estimate of drug-likeness (QED) is 0.917. The van der Waals surface area contributed by atoms with Crippen molar-refractivity contribution in [3.63, 3.8) is 0 Å². The van der Waals surface area contributed by atoms with Crippen molar-refractivity contribution < 1.29 is 8.78 Å². The van der Waals surface area contributed by atoms with Crippen molar-refractivity contribution in [2.75, 3.05) is 18.5 Å². The lowest BCUT2D eigenvalue weighted by atomic mass is 10.0. The molecule has 0 aliphatic carbocycles. The summed E-state index contributed by atoms with van der Waals surface area (Å²) in [4.78, 5) is 1.95. The van der Waals surface area contributed by atoms with E-state index in [9.17, 15) is 8.78 Å². The van der Waals surface area contributed by atoms with Gasteiger partial charge in [0.05, 0.1) is 6.04 Å². The van der Waals surface area contributed by atoms with Crippen molar-refractivity contribution in [3.05, 3.63) is 65.7 Å². The number of likely N-dealkylation sites (N-methyl/N-ethyl adjacent to an activating group) is 1. The molecule has 100 valence electrons. The third kappa shape index (κ3) is 3.09. The van der Waals surface area contributed by atoms with Gasteiger partial charge in [-0.3, -0.25) is 0 Å². The second-order valence-corrected chi connectivity index (χ2v) is 4.39. The van der Waals surface area contributed by atoms with Gasteiger partial charge in [0, 0.05) is 19.3 Å². The molecular formula is C15H16F2N2. The van der Waals surface area contributed by atoms with Gasteiger partial charge in [0.1, 0.15) is 11.6 Å². The number of hydrogen-bond donors (Lipinski definition) is 1. The van der Waals surface area contributed by atoms with Crippen LogP contribution in [0.2, 0.25) is 0 Å². The molecular weight excluding hydrogens is 246 g/mol.